The maximum Gasteiger partial charge on any atom is 0.267 e. The predicted molar refractivity (Wildman–Crippen MR) is 64.6 cm³/mol. The minimum Gasteiger partial charge on any atom is -0.394 e. The Morgan fingerprint density at radius 2 is 2.50 bits per heavy atom. The molecule has 2 atom stereocenters. The molecule has 1 aliphatic rings. The molecule has 5 nitrogen and oxygen atoms in total. The van der Waals surface area contributed by atoms with E-state index in [1.807, 2.05) is 4.90 Å². The molecule has 0 saturated carbocycles. The number of nitrogens with one attached hydrogen (secondary N) is 1. The van der Waals surface area contributed by atoms with Crippen LogP contribution >= 0.6 is 15.9 Å². The van der Waals surface area contributed by atoms with Crippen LogP contribution in [0.3, 0.4) is 0 Å². The predicted octanol–water partition coefficient (Wildman–Crippen LogP) is 0.740. The van der Waals surface area contributed by atoms with E-state index in [0.717, 1.165) is 13.0 Å². The van der Waals surface area contributed by atoms with Crippen LogP contribution in [-0.4, -0.2) is 34.3 Å². The molecule has 0 aromatic carbocycles. The molecule has 2 unspecified atom stereocenters. The van der Waals surface area contributed by atoms with Gasteiger partial charge in [0.2, 0.25) is 0 Å². The lowest BCUT2D eigenvalue weighted by atomic mass is 10.0. The van der Waals surface area contributed by atoms with Crippen molar-refractivity contribution in [3.8, 4) is 0 Å². The summed E-state index contributed by atoms with van der Waals surface area (Å²) in [5.74, 6) is 1.03. The van der Waals surface area contributed by atoms with Crippen LogP contribution in [0, 0.1) is 5.92 Å². The van der Waals surface area contributed by atoms with E-state index in [2.05, 4.69) is 32.8 Å². The van der Waals surface area contributed by atoms with Gasteiger partial charge in [0.15, 0.2) is 5.82 Å². The number of rotatable bonds is 2. The summed E-state index contributed by atoms with van der Waals surface area (Å²) in [5.41, 5.74) is -0.193. The normalized spacial score (nSPS) is 25.1. The van der Waals surface area contributed by atoms with Gasteiger partial charge in [-0.3, -0.25) is 4.79 Å². The van der Waals surface area contributed by atoms with E-state index in [9.17, 15) is 9.90 Å². The third kappa shape index (κ3) is 1.87. The van der Waals surface area contributed by atoms with Crippen molar-refractivity contribution < 1.29 is 5.11 Å². The standard InChI is InChI=1S/C10H14BrN3O2/c1-6-2-3-14(7(6)4-15)9-8(11)10(16)13-5-12-9/h5-7,15H,2-4H2,1H3,(H,12,13,16). The second-order valence-corrected chi connectivity index (χ2v) is 4.87. The Morgan fingerprint density at radius 3 is 3.19 bits per heavy atom. The van der Waals surface area contributed by atoms with E-state index in [1.165, 1.54) is 6.33 Å². The van der Waals surface area contributed by atoms with Crippen molar-refractivity contribution in [1.82, 2.24) is 9.97 Å². The fourth-order valence-corrected chi connectivity index (χ4v) is 2.57. The van der Waals surface area contributed by atoms with E-state index in [4.69, 9.17) is 0 Å². The SMILES string of the molecule is CC1CCN(c2nc[nH]c(=O)c2Br)C1CO. The number of nitrogens with zero attached hydrogens (tertiary/aromatic N) is 2. The van der Waals surface area contributed by atoms with Crippen LogP contribution in [0.2, 0.25) is 0 Å². The molecule has 0 radical (unpaired) electrons. The number of H-pyrrole nitrogens is 1. The van der Waals surface area contributed by atoms with Gasteiger partial charge in [-0.05, 0) is 28.3 Å². The van der Waals surface area contributed by atoms with Crippen LogP contribution in [0.4, 0.5) is 5.82 Å². The molecule has 2 N–H and O–H groups in total. The third-order valence-corrected chi connectivity index (χ3v) is 3.83. The molecule has 88 valence electrons. The molecule has 2 heterocycles. The number of hydrogen-bond acceptors (Lipinski definition) is 4. The van der Waals surface area contributed by atoms with E-state index < -0.39 is 0 Å². The smallest absolute Gasteiger partial charge is 0.267 e. The van der Waals surface area contributed by atoms with E-state index in [1.54, 1.807) is 0 Å². The zero-order valence-electron chi connectivity index (χ0n) is 8.98. The Hall–Kier alpha value is -0.880. The molecule has 0 amide bonds. The van der Waals surface area contributed by atoms with E-state index in [0.29, 0.717) is 16.2 Å². The minimum atomic E-state index is -0.193. The van der Waals surface area contributed by atoms with Crippen LogP contribution in [0.5, 0.6) is 0 Å². The Bertz CT molecular complexity index is 434. The molecular weight excluding hydrogens is 274 g/mol. The lowest BCUT2D eigenvalue weighted by molar-refractivity contribution is 0.244. The summed E-state index contributed by atoms with van der Waals surface area (Å²) in [5, 5.41) is 9.36. The van der Waals surface area contributed by atoms with Gasteiger partial charge in [-0.25, -0.2) is 4.98 Å². The van der Waals surface area contributed by atoms with Crippen molar-refractivity contribution in [2.24, 2.45) is 5.92 Å². The van der Waals surface area contributed by atoms with Crippen molar-refractivity contribution in [3.05, 3.63) is 21.2 Å². The third-order valence-electron chi connectivity index (χ3n) is 3.12. The molecular formula is C10H14BrN3O2. The summed E-state index contributed by atoms with van der Waals surface area (Å²) in [6, 6.07) is 0.0469. The molecule has 2 rings (SSSR count). The Kier molecular flexibility index (Phi) is 3.30. The Balaban J connectivity index is 2.37. The second-order valence-electron chi connectivity index (χ2n) is 4.08. The number of anilines is 1. The Labute approximate surface area is 102 Å². The molecule has 6 heteroatoms. The van der Waals surface area contributed by atoms with Gasteiger partial charge in [0.1, 0.15) is 4.47 Å². The van der Waals surface area contributed by atoms with Gasteiger partial charge >= 0.3 is 0 Å². The maximum atomic E-state index is 11.4. The number of aromatic nitrogens is 2. The second kappa shape index (κ2) is 4.55. The van der Waals surface area contributed by atoms with Crippen LogP contribution in [0.1, 0.15) is 13.3 Å². The molecule has 0 aliphatic carbocycles. The summed E-state index contributed by atoms with van der Waals surface area (Å²) in [7, 11) is 0. The average Bonchev–Trinajstić information content (AvgIpc) is 2.63. The van der Waals surface area contributed by atoms with Crippen LogP contribution in [-0.2, 0) is 0 Å². The van der Waals surface area contributed by atoms with Gasteiger partial charge in [-0.1, -0.05) is 6.92 Å². The lowest BCUT2D eigenvalue weighted by Gasteiger charge is -2.26. The van der Waals surface area contributed by atoms with Crippen molar-refractivity contribution in [3.63, 3.8) is 0 Å². The summed E-state index contributed by atoms with van der Waals surface area (Å²) in [4.78, 5) is 20.1. The van der Waals surface area contributed by atoms with Gasteiger partial charge in [-0.2, -0.15) is 0 Å². The fourth-order valence-electron chi connectivity index (χ4n) is 2.12. The number of hydrogen-bond donors (Lipinski definition) is 2. The zero-order valence-corrected chi connectivity index (χ0v) is 10.6. The van der Waals surface area contributed by atoms with E-state index in [-0.39, 0.29) is 18.2 Å². The Morgan fingerprint density at radius 1 is 1.75 bits per heavy atom. The van der Waals surface area contributed by atoms with Gasteiger partial charge in [0.05, 0.1) is 19.0 Å². The number of aromatic amines is 1. The van der Waals surface area contributed by atoms with Crippen LogP contribution in [0.15, 0.2) is 15.6 Å². The van der Waals surface area contributed by atoms with Gasteiger partial charge < -0.3 is 15.0 Å². The minimum absolute atomic E-state index is 0.0469. The summed E-state index contributed by atoms with van der Waals surface area (Å²) in [6.45, 7) is 3.01. The topological polar surface area (TPSA) is 69.2 Å². The highest BCUT2D eigenvalue weighted by Gasteiger charge is 2.32. The van der Waals surface area contributed by atoms with Crippen molar-refractivity contribution >= 4 is 21.7 Å². The largest absolute Gasteiger partial charge is 0.394 e. The van der Waals surface area contributed by atoms with Crippen molar-refractivity contribution in [2.45, 2.75) is 19.4 Å². The average molecular weight is 288 g/mol. The molecule has 1 aromatic heterocycles. The first kappa shape index (κ1) is 11.6. The number of halogens is 1. The van der Waals surface area contributed by atoms with Gasteiger partial charge in [0, 0.05) is 6.54 Å². The highest BCUT2D eigenvalue weighted by Crippen LogP contribution is 2.30. The first-order valence-electron chi connectivity index (χ1n) is 5.26. The quantitative estimate of drug-likeness (QED) is 0.842. The summed E-state index contributed by atoms with van der Waals surface area (Å²) < 4.78 is 0.433. The molecule has 16 heavy (non-hydrogen) atoms. The van der Waals surface area contributed by atoms with Gasteiger partial charge in [-0.15, -0.1) is 0 Å². The monoisotopic (exact) mass is 287 g/mol. The first-order valence-corrected chi connectivity index (χ1v) is 6.05. The summed E-state index contributed by atoms with van der Waals surface area (Å²) >= 11 is 3.24. The summed E-state index contributed by atoms with van der Waals surface area (Å²) in [6.07, 6.45) is 2.39. The first-order chi connectivity index (χ1) is 7.65. The highest BCUT2D eigenvalue weighted by molar-refractivity contribution is 9.10. The molecule has 1 aliphatic heterocycles. The molecule has 1 aromatic rings. The molecule has 0 bridgehead atoms. The molecule has 1 saturated heterocycles. The fraction of sp³-hybridized carbons (Fsp3) is 0.600. The van der Waals surface area contributed by atoms with Gasteiger partial charge in [0.25, 0.3) is 5.56 Å². The number of aliphatic hydroxyl groups excluding tert-OH is 1. The van der Waals surface area contributed by atoms with E-state index >= 15 is 0 Å². The maximum absolute atomic E-state index is 11.4. The van der Waals surface area contributed by atoms with Crippen molar-refractivity contribution in [2.75, 3.05) is 18.1 Å². The van der Waals surface area contributed by atoms with Crippen molar-refractivity contribution in [1.29, 1.82) is 0 Å². The molecule has 0 spiro atoms. The number of aliphatic hydroxyl groups is 1. The highest BCUT2D eigenvalue weighted by atomic mass is 79.9. The zero-order chi connectivity index (χ0) is 11.7. The van der Waals surface area contributed by atoms with Crippen LogP contribution < -0.4 is 10.5 Å². The van der Waals surface area contributed by atoms with Crippen LogP contribution in [0.25, 0.3) is 0 Å². The molecule has 1 fully saturated rings. The lowest BCUT2D eigenvalue weighted by Crippen LogP contribution is -2.36.